The second-order valence-corrected chi connectivity index (χ2v) is 6.69. The van der Waals surface area contributed by atoms with Crippen LogP contribution in [0.4, 0.5) is 11.7 Å². The number of nitrogens with zero attached hydrogens (tertiary/aromatic N) is 3. The molecular formula is C21H14N4O5. The van der Waals surface area contributed by atoms with Gasteiger partial charge in [-0.3, -0.25) is 24.6 Å². The lowest BCUT2D eigenvalue weighted by atomic mass is 10.2. The molecule has 1 aliphatic heterocycles. The largest absolute Gasteiger partial charge is 0.451 e. The standard InChI is InChI=1S/C21H14N4O5/c26-17-8-9-18(27)25(17)14-6-3-5-13(10-14)19(28)22-21-24-23-20(30-21)16-11-12-4-1-2-7-15(12)29-16/h1-7,10-11H,8-9H2,(H,22,24,28). The summed E-state index contributed by atoms with van der Waals surface area (Å²) in [7, 11) is 0. The van der Waals surface area contributed by atoms with Crippen molar-refractivity contribution in [2.75, 3.05) is 10.2 Å². The van der Waals surface area contributed by atoms with Crippen molar-refractivity contribution in [3.8, 4) is 11.7 Å². The van der Waals surface area contributed by atoms with Gasteiger partial charge in [0.2, 0.25) is 11.8 Å². The Morgan fingerprint density at radius 3 is 2.53 bits per heavy atom. The van der Waals surface area contributed by atoms with Crippen LogP contribution in [0, 0.1) is 0 Å². The van der Waals surface area contributed by atoms with Crippen molar-refractivity contribution < 1.29 is 23.2 Å². The Hall–Kier alpha value is -4.27. The fourth-order valence-electron chi connectivity index (χ4n) is 3.28. The zero-order valence-corrected chi connectivity index (χ0v) is 15.5. The van der Waals surface area contributed by atoms with Gasteiger partial charge in [-0.15, -0.1) is 5.10 Å². The van der Waals surface area contributed by atoms with Crippen molar-refractivity contribution in [2.24, 2.45) is 0 Å². The Bertz CT molecular complexity index is 1260. The van der Waals surface area contributed by atoms with Gasteiger partial charge >= 0.3 is 6.01 Å². The Labute approximate surface area is 169 Å². The average molecular weight is 402 g/mol. The predicted octanol–water partition coefficient (Wildman–Crippen LogP) is 3.39. The third-order valence-electron chi connectivity index (χ3n) is 4.70. The van der Waals surface area contributed by atoms with E-state index >= 15 is 0 Å². The van der Waals surface area contributed by atoms with Gasteiger partial charge in [0.25, 0.3) is 11.8 Å². The molecule has 1 fully saturated rings. The summed E-state index contributed by atoms with van der Waals surface area (Å²) in [5.41, 5.74) is 1.27. The molecule has 0 aliphatic carbocycles. The number of rotatable bonds is 4. The Morgan fingerprint density at radius 2 is 1.73 bits per heavy atom. The van der Waals surface area contributed by atoms with E-state index in [1.165, 1.54) is 6.07 Å². The zero-order valence-electron chi connectivity index (χ0n) is 15.5. The lowest BCUT2D eigenvalue weighted by Gasteiger charge is -2.14. The number of furan rings is 1. The maximum Gasteiger partial charge on any atom is 0.322 e. The number of hydrogen-bond donors (Lipinski definition) is 1. The fourth-order valence-corrected chi connectivity index (χ4v) is 3.28. The Balaban J connectivity index is 1.35. The second kappa shape index (κ2) is 6.96. The van der Waals surface area contributed by atoms with Crippen molar-refractivity contribution in [1.82, 2.24) is 10.2 Å². The van der Waals surface area contributed by atoms with Gasteiger partial charge in [-0.05, 0) is 30.3 Å². The third-order valence-corrected chi connectivity index (χ3v) is 4.70. The van der Waals surface area contributed by atoms with Crippen molar-refractivity contribution in [3.05, 3.63) is 60.2 Å². The predicted molar refractivity (Wildman–Crippen MR) is 106 cm³/mol. The molecule has 30 heavy (non-hydrogen) atoms. The minimum atomic E-state index is -0.518. The highest BCUT2D eigenvalue weighted by Gasteiger charge is 2.30. The molecule has 4 aromatic rings. The van der Waals surface area contributed by atoms with Gasteiger partial charge in [-0.2, -0.15) is 0 Å². The van der Waals surface area contributed by atoms with E-state index in [9.17, 15) is 14.4 Å². The van der Waals surface area contributed by atoms with E-state index in [-0.39, 0.29) is 42.1 Å². The normalized spacial score (nSPS) is 13.9. The lowest BCUT2D eigenvalue weighted by Crippen LogP contribution is -2.28. The van der Waals surface area contributed by atoms with E-state index in [1.54, 1.807) is 24.3 Å². The summed E-state index contributed by atoms with van der Waals surface area (Å²) in [5, 5.41) is 11.1. The van der Waals surface area contributed by atoms with Crippen molar-refractivity contribution in [3.63, 3.8) is 0 Å². The molecule has 1 saturated heterocycles. The minimum absolute atomic E-state index is 0.103. The molecule has 2 aromatic carbocycles. The lowest BCUT2D eigenvalue weighted by molar-refractivity contribution is -0.121. The van der Waals surface area contributed by atoms with Crippen molar-refractivity contribution in [1.29, 1.82) is 0 Å². The number of imide groups is 1. The van der Waals surface area contributed by atoms with Crippen molar-refractivity contribution >= 4 is 40.4 Å². The van der Waals surface area contributed by atoms with Crippen LogP contribution in [-0.4, -0.2) is 27.9 Å². The summed E-state index contributed by atoms with van der Waals surface area (Å²) < 4.78 is 11.2. The van der Waals surface area contributed by atoms with Crippen LogP contribution in [0.3, 0.4) is 0 Å². The van der Waals surface area contributed by atoms with E-state index in [2.05, 4.69) is 15.5 Å². The molecule has 2 aromatic heterocycles. The summed E-state index contributed by atoms with van der Waals surface area (Å²) in [6, 6.07) is 15.3. The molecule has 0 radical (unpaired) electrons. The molecule has 1 aliphatic rings. The molecule has 9 nitrogen and oxygen atoms in total. The van der Waals surface area contributed by atoms with Gasteiger partial charge in [0.05, 0.1) is 5.69 Å². The summed E-state index contributed by atoms with van der Waals surface area (Å²) in [5.74, 6) is -0.577. The fraction of sp³-hybridized carbons (Fsp3) is 0.0952. The molecular weight excluding hydrogens is 388 g/mol. The Morgan fingerprint density at radius 1 is 0.933 bits per heavy atom. The number of carbonyl (C=O) groups excluding carboxylic acids is 3. The summed E-state index contributed by atoms with van der Waals surface area (Å²) in [6.07, 6.45) is 0.337. The number of para-hydroxylation sites is 1. The monoisotopic (exact) mass is 402 g/mol. The third kappa shape index (κ3) is 3.12. The first-order valence-corrected chi connectivity index (χ1v) is 9.18. The maximum absolute atomic E-state index is 12.6. The molecule has 1 N–H and O–H groups in total. The molecule has 3 heterocycles. The van der Waals surface area contributed by atoms with Gasteiger partial charge in [-0.25, -0.2) is 0 Å². The maximum atomic E-state index is 12.6. The van der Waals surface area contributed by atoms with Crippen LogP contribution in [0.1, 0.15) is 23.2 Å². The smallest absolute Gasteiger partial charge is 0.322 e. The minimum Gasteiger partial charge on any atom is -0.451 e. The highest BCUT2D eigenvalue weighted by molar-refractivity contribution is 6.20. The van der Waals surface area contributed by atoms with Crippen molar-refractivity contribution in [2.45, 2.75) is 12.8 Å². The van der Waals surface area contributed by atoms with E-state index in [0.717, 1.165) is 10.3 Å². The average Bonchev–Trinajstić information content (AvgIpc) is 3.46. The van der Waals surface area contributed by atoms with Gasteiger partial charge in [-0.1, -0.05) is 29.4 Å². The van der Waals surface area contributed by atoms with Gasteiger partial charge in [0.1, 0.15) is 5.58 Å². The molecule has 0 spiro atoms. The van der Waals surface area contributed by atoms with E-state index in [1.807, 2.05) is 24.3 Å². The number of benzene rings is 2. The van der Waals surface area contributed by atoms with E-state index in [0.29, 0.717) is 17.0 Å². The molecule has 0 saturated carbocycles. The molecule has 0 bridgehead atoms. The first-order valence-electron chi connectivity index (χ1n) is 9.18. The topological polar surface area (TPSA) is 119 Å². The van der Waals surface area contributed by atoms with Crippen LogP contribution in [0.25, 0.3) is 22.6 Å². The number of anilines is 2. The van der Waals surface area contributed by atoms with Gasteiger partial charge in [0.15, 0.2) is 5.76 Å². The molecule has 5 rings (SSSR count). The molecule has 0 unspecified atom stereocenters. The van der Waals surface area contributed by atoms with Crippen LogP contribution in [0.15, 0.2) is 63.4 Å². The van der Waals surface area contributed by atoms with Gasteiger partial charge < -0.3 is 8.83 Å². The molecule has 148 valence electrons. The first kappa shape index (κ1) is 17.8. The Kier molecular flexibility index (Phi) is 4.13. The second-order valence-electron chi connectivity index (χ2n) is 6.69. The number of hydrogen-bond acceptors (Lipinski definition) is 7. The summed E-state index contributed by atoms with van der Waals surface area (Å²) >= 11 is 0. The number of amides is 3. The molecule has 3 amide bonds. The number of carbonyl (C=O) groups is 3. The summed E-state index contributed by atoms with van der Waals surface area (Å²) in [4.78, 5) is 37.5. The van der Waals surface area contributed by atoms with Gasteiger partial charge in [0, 0.05) is 23.8 Å². The highest BCUT2D eigenvalue weighted by atomic mass is 16.4. The van der Waals surface area contributed by atoms with Crippen LogP contribution in [-0.2, 0) is 9.59 Å². The zero-order chi connectivity index (χ0) is 20.7. The SMILES string of the molecule is O=C(Nc1nnc(-c2cc3ccccc3o2)o1)c1cccc(N2C(=O)CCC2=O)c1. The molecule has 0 atom stereocenters. The summed E-state index contributed by atoms with van der Waals surface area (Å²) in [6.45, 7) is 0. The van der Waals surface area contributed by atoms with Crippen LogP contribution in [0.2, 0.25) is 0 Å². The molecule has 9 heteroatoms. The van der Waals surface area contributed by atoms with Crippen LogP contribution >= 0.6 is 0 Å². The van der Waals surface area contributed by atoms with E-state index < -0.39 is 5.91 Å². The highest BCUT2D eigenvalue weighted by Crippen LogP contribution is 2.28. The van der Waals surface area contributed by atoms with Crippen LogP contribution < -0.4 is 10.2 Å². The number of fused-ring (bicyclic) bond motifs is 1. The quantitative estimate of drug-likeness (QED) is 0.520. The van der Waals surface area contributed by atoms with Crippen LogP contribution in [0.5, 0.6) is 0 Å². The number of aromatic nitrogens is 2. The number of nitrogens with one attached hydrogen (secondary N) is 1. The van der Waals surface area contributed by atoms with E-state index in [4.69, 9.17) is 8.83 Å². The first-order chi connectivity index (χ1) is 14.6.